The standard InChI is InChI=1S/C71H53N5/c1-41-10-18-57(45(5)26-41)50-14-22-61-62-23-15-51(58-19-11-42(2)27-46(58)6)34-67(62)75(66(61)33-50)70-37-55(40-73)65(54-30-49(39-72)31-56(32-54)74-9)38-71(70)76-68-35-52(59-20-12-43(3)28-47(59)7)16-24-63(68)64-25-17-53(36-69(64)76)60-21-13-44(4)29-48(60)8/h10-38H,1-8H3. The number of hydrogen-bond donors (Lipinski definition) is 0. The highest BCUT2D eigenvalue weighted by Gasteiger charge is 2.25. The second-order valence-electron chi connectivity index (χ2n) is 20.9. The molecule has 0 bridgehead atoms. The van der Waals surface area contributed by atoms with E-state index in [-0.39, 0.29) is 0 Å². The smallest absolute Gasteiger partial charge is 0.189 e. The highest BCUT2D eigenvalue weighted by atomic mass is 15.1. The summed E-state index contributed by atoms with van der Waals surface area (Å²) in [5, 5.41) is 26.1. The molecular formula is C71H53N5. The Balaban J connectivity index is 1.28. The van der Waals surface area contributed by atoms with E-state index >= 15 is 0 Å². The molecule has 76 heavy (non-hydrogen) atoms. The van der Waals surface area contributed by atoms with Gasteiger partial charge in [0.15, 0.2) is 5.69 Å². The summed E-state index contributed by atoms with van der Waals surface area (Å²) in [6.07, 6.45) is 0. The lowest BCUT2D eigenvalue weighted by Crippen LogP contribution is -2.06. The van der Waals surface area contributed by atoms with E-state index in [1.165, 1.54) is 44.5 Å². The Morgan fingerprint density at radius 2 is 0.697 bits per heavy atom. The first-order valence-electron chi connectivity index (χ1n) is 25.8. The van der Waals surface area contributed by atoms with Crippen molar-refractivity contribution in [1.82, 2.24) is 9.13 Å². The van der Waals surface area contributed by atoms with Crippen molar-refractivity contribution in [3.05, 3.63) is 243 Å². The molecule has 0 spiro atoms. The summed E-state index contributed by atoms with van der Waals surface area (Å²) in [6, 6.07) is 68.1. The van der Waals surface area contributed by atoms with Crippen molar-refractivity contribution in [3.63, 3.8) is 0 Å². The first-order chi connectivity index (χ1) is 36.8. The van der Waals surface area contributed by atoms with Gasteiger partial charge in [-0.2, -0.15) is 10.5 Å². The lowest BCUT2D eigenvalue weighted by atomic mass is 9.95. The highest BCUT2D eigenvalue weighted by molar-refractivity contribution is 6.14. The zero-order valence-corrected chi connectivity index (χ0v) is 44.0. The van der Waals surface area contributed by atoms with Crippen LogP contribution in [0.25, 0.3) is 115 Å². The van der Waals surface area contributed by atoms with Crippen LogP contribution < -0.4 is 0 Å². The molecule has 12 rings (SSSR count). The number of benzene rings is 10. The predicted octanol–water partition coefficient (Wildman–Crippen LogP) is 19.0. The van der Waals surface area contributed by atoms with Crippen molar-refractivity contribution < 1.29 is 0 Å². The zero-order valence-electron chi connectivity index (χ0n) is 44.0. The molecule has 362 valence electrons. The fraction of sp³-hybridized carbons (Fsp3) is 0.113. The lowest BCUT2D eigenvalue weighted by molar-refractivity contribution is 1.09. The third-order valence-corrected chi connectivity index (χ3v) is 15.5. The molecule has 0 unspecified atom stereocenters. The van der Waals surface area contributed by atoms with Crippen LogP contribution in [0.1, 0.15) is 55.6 Å². The molecule has 0 aliphatic carbocycles. The second-order valence-corrected chi connectivity index (χ2v) is 20.9. The molecule has 2 aromatic heterocycles. The van der Waals surface area contributed by atoms with E-state index in [0.29, 0.717) is 27.9 Å². The van der Waals surface area contributed by atoms with Crippen molar-refractivity contribution in [2.45, 2.75) is 55.4 Å². The number of nitriles is 2. The summed E-state index contributed by atoms with van der Waals surface area (Å²) in [5.74, 6) is 0. The van der Waals surface area contributed by atoms with Crippen molar-refractivity contribution in [3.8, 4) is 79.1 Å². The largest absolute Gasteiger partial charge is 0.307 e. The molecule has 5 nitrogen and oxygen atoms in total. The predicted molar refractivity (Wildman–Crippen MR) is 316 cm³/mol. The maximum absolute atomic E-state index is 11.5. The normalized spacial score (nSPS) is 11.4. The molecule has 0 saturated carbocycles. The third-order valence-electron chi connectivity index (χ3n) is 15.5. The topological polar surface area (TPSA) is 61.8 Å². The molecule has 12 aromatic rings. The van der Waals surface area contributed by atoms with Crippen molar-refractivity contribution in [2.24, 2.45) is 0 Å². The molecule has 10 aromatic carbocycles. The molecule has 0 N–H and O–H groups in total. The summed E-state index contributed by atoms with van der Waals surface area (Å²) in [6.45, 7) is 25.3. The van der Waals surface area contributed by atoms with Gasteiger partial charge in [0.25, 0.3) is 0 Å². The number of hydrogen-bond acceptors (Lipinski definition) is 2. The molecule has 5 heteroatoms. The van der Waals surface area contributed by atoms with Crippen LogP contribution in [0, 0.1) is 84.6 Å². The van der Waals surface area contributed by atoms with Gasteiger partial charge in [-0.15, -0.1) is 0 Å². The van der Waals surface area contributed by atoms with Gasteiger partial charge in [-0.05, 0) is 182 Å². The van der Waals surface area contributed by atoms with Crippen molar-refractivity contribution in [2.75, 3.05) is 0 Å². The molecule has 0 aliphatic heterocycles. The van der Waals surface area contributed by atoms with E-state index in [1.807, 2.05) is 6.07 Å². The summed E-state index contributed by atoms with van der Waals surface area (Å²) in [5.41, 5.74) is 26.6. The number of nitrogens with zero attached hydrogens (tertiary/aromatic N) is 5. The molecule has 0 radical (unpaired) electrons. The van der Waals surface area contributed by atoms with Gasteiger partial charge in [0.05, 0.1) is 57.7 Å². The van der Waals surface area contributed by atoms with Gasteiger partial charge in [-0.3, -0.25) is 0 Å². The summed E-state index contributed by atoms with van der Waals surface area (Å²) in [7, 11) is 0. The van der Waals surface area contributed by atoms with Crippen LogP contribution in [-0.4, -0.2) is 9.13 Å². The highest BCUT2D eigenvalue weighted by Crippen LogP contribution is 2.45. The number of rotatable bonds is 7. The average molecular weight is 976 g/mol. The van der Waals surface area contributed by atoms with Gasteiger partial charge in [0.2, 0.25) is 0 Å². The maximum atomic E-state index is 11.5. The number of aromatic nitrogens is 2. The Bertz CT molecular complexity index is 4340. The van der Waals surface area contributed by atoms with E-state index in [0.717, 1.165) is 99.5 Å². The van der Waals surface area contributed by atoms with Crippen LogP contribution in [0.3, 0.4) is 0 Å². The van der Waals surface area contributed by atoms with E-state index in [4.69, 9.17) is 6.57 Å². The van der Waals surface area contributed by atoms with Gasteiger partial charge in [-0.1, -0.05) is 144 Å². The Morgan fingerprint density at radius 1 is 0.342 bits per heavy atom. The van der Waals surface area contributed by atoms with E-state index < -0.39 is 0 Å². The summed E-state index contributed by atoms with van der Waals surface area (Å²) >= 11 is 0. The van der Waals surface area contributed by atoms with Crippen LogP contribution in [-0.2, 0) is 0 Å². The van der Waals surface area contributed by atoms with Gasteiger partial charge in [-0.25, -0.2) is 4.85 Å². The molecule has 2 heterocycles. The van der Waals surface area contributed by atoms with Crippen LogP contribution in [0.5, 0.6) is 0 Å². The summed E-state index contributed by atoms with van der Waals surface area (Å²) in [4.78, 5) is 3.80. The van der Waals surface area contributed by atoms with E-state index in [1.54, 1.807) is 18.2 Å². The number of aryl methyl sites for hydroxylation is 8. The van der Waals surface area contributed by atoms with Crippen LogP contribution in [0.15, 0.2) is 176 Å². The van der Waals surface area contributed by atoms with Crippen molar-refractivity contribution in [1.29, 1.82) is 10.5 Å². The Hall–Kier alpha value is -9.73. The molecule has 0 aliphatic rings. The van der Waals surface area contributed by atoms with Crippen LogP contribution in [0.4, 0.5) is 5.69 Å². The zero-order chi connectivity index (χ0) is 52.7. The summed E-state index contributed by atoms with van der Waals surface area (Å²) < 4.78 is 4.77. The van der Waals surface area contributed by atoms with Gasteiger partial charge < -0.3 is 9.13 Å². The minimum atomic E-state index is 0.330. The first-order valence-corrected chi connectivity index (χ1v) is 25.8. The Kier molecular flexibility index (Phi) is 11.4. The minimum absolute atomic E-state index is 0.330. The van der Waals surface area contributed by atoms with Gasteiger partial charge >= 0.3 is 0 Å². The van der Waals surface area contributed by atoms with Crippen LogP contribution >= 0.6 is 0 Å². The fourth-order valence-corrected chi connectivity index (χ4v) is 11.9. The Morgan fingerprint density at radius 3 is 1.01 bits per heavy atom. The minimum Gasteiger partial charge on any atom is -0.307 e. The second kappa shape index (κ2) is 18.3. The monoisotopic (exact) mass is 975 g/mol. The molecule has 0 saturated heterocycles. The molecule has 0 fully saturated rings. The van der Waals surface area contributed by atoms with E-state index in [9.17, 15) is 10.5 Å². The number of fused-ring (bicyclic) bond motifs is 6. The van der Waals surface area contributed by atoms with Gasteiger partial charge in [0.1, 0.15) is 0 Å². The fourth-order valence-electron chi connectivity index (χ4n) is 11.9. The molecular weight excluding hydrogens is 923 g/mol. The third kappa shape index (κ3) is 7.92. The van der Waals surface area contributed by atoms with E-state index in [2.05, 4.69) is 233 Å². The van der Waals surface area contributed by atoms with Gasteiger partial charge in [0, 0.05) is 32.7 Å². The molecule has 0 atom stereocenters. The van der Waals surface area contributed by atoms with Crippen LogP contribution in [0.2, 0.25) is 0 Å². The molecule has 0 amide bonds. The quantitative estimate of drug-likeness (QED) is 0.149. The first kappa shape index (κ1) is 47.3. The average Bonchev–Trinajstić information content (AvgIpc) is 4.06. The Labute approximate surface area is 444 Å². The van der Waals surface area contributed by atoms with Crippen molar-refractivity contribution >= 4 is 49.3 Å². The SMILES string of the molecule is [C-]#[N+]c1cc(C#N)cc(-c2cc(-n3c4cc(-c5ccc(C)cc5C)ccc4c4ccc(-c5ccc(C)cc5C)cc43)c(-n3c4cc(-c5ccc(C)cc5C)ccc4c4ccc(-c5ccc(C)cc5C)cc43)cc2C#N)c1. The maximum Gasteiger partial charge on any atom is 0.189 e. The lowest BCUT2D eigenvalue weighted by Gasteiger charge is -2.21.